The highest BCUT2D eigenvalue weighted by Crippen LogP contribution is 2.15. The van der Waals surface area contributed by atoms with Crippen molar-refractivity contribution in [2.45, 2.75) is 0 Å². The van der Waals surface area contributed by atoms with E-state index in [2.05, 4.69) is 0 Å². The van der Waals surface area contributed by atoms with Crippen LogP contribution in [-0.4, -0.2) is 4.74 Å². The molecule has 0 saturated carbocycles. The fraction of sp³-hybridized carbons (Fsp3) is 0. The molecule has 1 heterocycles. The van der Waals surface area contributed by atoms with Crippen molar-refractivity contribution in [1.82, 2.24) is 4.74 Å². The second-order valence-electron chi connectivity index (χ2n) is 3.86. The van der Waals surface area contributed by atoms with Crippen LogP contribution in [0.5, 0.6) is 0 Å². The average molecular weight is 255 g/mol. The maximum atomic E-state index is 11.9. The predicted molar refractivity (Wildman–Crippen MR) is 72.6 cm³/mol. The quantitative estimate of drug-likeness (QED) is 0.626. The molecule has 0 N–H and O–H groups in total. The Labute approximate surface area is 108 Å². The lowest BCUT2D eigenvalue weighted by Gasteiger charge is -2.06. The van der Waals surface area contributed by atoms with Crippen LogP contribution in [0, 0.1) is 4.64 Å². The molecule has 0 radical (unpaired) electrons. The van der Waals surface area contributed by atoms with Gasteiger partial charge in [-0.2, -0.15) is 4.74 Å². The van der Waals surface area contributed by atoms with Crippen molar-refractivity contribution in [2.24, 2.45) is 0 Å². The summed E-state index contributed by atoms with van der Waals surface area (Å²) in [5.41, 5.74) is 0.355. The predicted octanol–water partition coefficient (Wildman–Crippen LogP) is 3.31. The Hall–Kier alpha value is -2.20. The van der Waals surface area contributed by atoms with Gasteiger partial charge in [0.05, 0.1) is 11.1 Å². The molecule has 2 aromatic carbocycles. The van der Waals surface area contributed by atoms with Gasteiger partial charge < -0.3 is 4.52 Å². The summed E-state index contributed by atoms with van der Waals surface area (Å²) < 4.78 is 7.15. The smallest absolute Gasteiger partial charge is 0.330 e. The number of hydrogen-bond donors (Lipinski definition) is 0. The van der Waals surface area contributed by atoms with Gasteiger partial charge in [-0.3, -0.25) is 0 Å². The standard InChI is InChI=1S/C14H9NO2S/c16-14-12-9-5-4-8-11(12)13(18)15(17-14)10-6-2-1-3-7-10/h1-9H. The summed E-state index contributed by atoms with van der Waals surface area (Å²) in [6.45, 7) is 0. The first kappa shape index (κ1) is 10.9. The summed E-state index contributed by atoms with van der Waals surface area (Å²) >= 11 is 5.37. The molecule has 0 aliphatic carbocycles. The van der Waals surface area contributed by atoms with E-state index in [-0.39, 0.29) is 5.63 Å². The van der Waals surface area contributed by atoms with Crippen LogP contribution in [0.15, 0.2) is 63.9 Å². The van der Waals surface area contributed by atoms with Gasteiger partial charge in [-0.05, 0) is 18.2 Å². The van der Waals surface area contributed by atoms with E-state index in [1.165, 1.54) is 4.74 Å². The first-order valence-corrected chi connectivity index (χ1v) is 5.89. The van der Waals surface area contributed by atoms with Gasteiger partial charge in [-0.25, -0.2) is 4.79 Å². The fourth-order valence-electron chi connectivity index (χ4n) is 1.86. The first-order chi connectivity index (χ1) is 8.77. The van der Waals surface area contributed by atoms with E-state index in [1.54, 1.807) is 12.1 Å². The van der Waals surface area contributed by atoms with Gasteiger partial charge in [0.2, 0.25) is 0 Å². The molecule has 0 saturated heterocycles. The zero-order valence-electron chi connectivity index (χ0n) is 9.37. The number of nitrogens with zero attached hydrogens (tertiary/aromatic N) is 1. The summed E-state index contributed by atoms with van der Waals surface area (Å²) in [4.78, 5) is 11.9. The third-order valence-corrected chi connectivity index (χ3v) is 3.11. The van der Waals surface area contributed by atoms with Crippen LogP contribution in [0.3, 0.4) is 0 Å². The Morgan fingerprint density at radius 1 is 0.889 bits per heavy atom. The lowest BCUT2D eigenvalue weighted by atomic mass is 10.2. The van der Waals surface area contributed by atoms with Crippen molar-refractivity contribution in [3.63, 3.8) is 0 Å². The highest BCUT2D eigenvalue weighted by molar-refractivity contribution is 7.71. The van der Waals surface area contributed by atoms with Gasteiger partial charge in [-0.15, -0.1) is 0 Å². The van der Waals surface area contributed by atoms with E-state index in [0.29, 0.717) is 10.0 Å². The maximum absolute atomic E-state index is 11.9. The summed E-state index contributed by atoms with van der Waals surface area (Å²) in [6, 6.07) is 16.5. The van der Waals surface area contributed by atoms with Gasteiger partial charge in [0.1, 0.15) is 0 Å². The van der Waals surface area contributed by atoms with Crippen LogP contribution < -0.4 is 5.63 Å². The third-order valence-electron chi connectivity index (χ3n) is 2.73. The Bertz CT molecular complexity index is 818. The molecule has 4 heteroatoms. The van der Waals surface area contributed by atoms with Crippen LogP contribution in [-0.2, 0) is 0 Å². The van der Waals surface area contributed by atoms with Crippen molar-refractivity contribution in [3.8, 4) is 5.69 Å². The van der Waals surface area contributed by atoms with Gasteiger partial charge in [0.25, 0.3) is 0 Å². The maximum Gasteiger partial charge on any atom is 0.364 e. The minimum atomic E-state index is -0.386. The van der Waals surface area contributed by atoms with Crippen molar-refractivity contribution in [1.29, 1.82) is 0 Å². The summed E-state index contributed by atoms with van der Waals surface area (Å²) in [5, 5.41) is 1.24. The topological polar surface area (TPSA) is 35.1 Å². The number of hydrogen-bond acceptors (Lipinski definition) is 3. The molecular formula is C14H9NO2S. The lowest BCUT2D eigenvalue weighted by molar-refractivity contribution is 0.305. The molecule has 0 aliphatic rings. The normalized spacial score (nSPS) is 10.7. The van der Waals surface area contributed by atoms with E-state index in [9.17, 15) is 4.79 Å². The van der Waals surface area contributed by atoms with E-state index in [1.807, 2.05) is 42.5 Å². The number of aromatic nitrogens is 1. The molecule has 88 valence electrons. The van der Waals surface area contributed by atoms with E-state index < -0.39 is 0 Å². The number of para-hydroxylation sites is 1. The Morgan fingerprint density at radius 3 is 2.22 bits per heavy atom. The summed E-state index contributed by atoms with van der Waals surface area (Å²) in [7, 11) is 0. The first-order valence-electron chi connectivity index (χ1n) is 5.48. The average Bonchev–Trinajstić information content (AvgIpc) is 2.44. The van der Waals surface area contributed by atoms with Crippen LogP contribution in [0.2, 0.25) is 0 Å². The van der Waals surface area contributed by atoms with E-state index in [4.69, 9.17) is 16.7 Å². The molecule has 0 bridgehead atoms. The largest absolute Gasteiger partial charge is 0.364 e. The molecule has 3 rings (SSSR count). The Kier molecular flexibility index (Phi) is 2.57. The number of rotatable bonds is 1. The summed E-state index contributed by atoms with van der Waals surface area (Å²) in [6.07, 6.45) is 0. The van der Waals surface area contributed by atoms with E-state index in [0.717, 1.165) is 11.1 Å². The van der Waals surface area contributed by atoms with Crippen molar-refractivity contribution >= 4 is 23.0 Å². The second-order valence-corrected chi connectivity index (χ2v) is 4.25. The highest BCUT2D eigenvalue weighted by Gasteiger charge is 2.06. The van der Waals surface area contributed by atoms with Gasteiger partial charge in [-0.1, -0.05) is 48.6 Å². The molecule has 0 atom stereocenters. The van der Waals surface area contributed by atoms with Crippen LogP contribution >= 0.6 is 12.2 Å². The zero-order valence-corrected chi connectivity index (χ0v) is 10.2. The zero-order chi connectivity index (χ0) is 12.5. The van der Waals surface area contributed by atoms with Gasteiger partial charge in [0, 0.05) is 5.39 Å². The van der Waals surface area contributed by atoms with Gasteiger partial charge >= 0.3 is 5.63 Å². The Balaban J connectivity index is 2.43. The van der Waals surface area contributed by atoms with Crippen LogP contribution in [0.4, 0.5) is 0 Å². The van der Waals surface area contributed by atoms with Crippen LogP contribution in [0.25, 0.3) is 16.5 Å². The number of fused-ring (bicyclic) bond motifs is 1. The van der Waals surface area contributed by atoms with Crippen molar-refractivity contribution in [2.75, 3.05) is 0 Å². The highest BCUT2D eigenvalue weighted by atomic mass is 32.1. The van der Waals surface area contributed by atoms with Crippen molar-refractivity contribution < 1.29 is 4.52 Å². The third kappa shape index (κ3) is 1.67. The molecule has 0 aliphatic heterocycles. The Morgan fingerprint density at radius 2 is 1.50 bits per heavy atom. The van der Waals surface area contributed by atoms with Crippen LogP contribution in [0.1, 0.15) is 0 Å². The lowest BCUT2D eigenvalue weighted by Crippen LogP contribution is -2.08. The number of benzene rings is 2. The van der Waals surface area contributed by atoms with Crippen molar-refractivity contribution in [3.05, 3.63) is 69.7 Å². The molecule has 3 nitrogen and oxygen atoms in total. The molecule has 0 spiro atoms. The minimum absolute atomic E-state index is 0.386. The SMILES string of the molecule is O=c1on(-c2ccccc2)c(=S)c2ccccc12. The second kappa shape index (κ2) is 4.23. The summed E-state index contributed by atoms with van der Waals surface area (Å²) in [5.74, 6) is 0. The monoisotopic (exact) mass is 255 g/mol. The molecule has 18 heavy (non-hydrogen) atoms. The molecule has 0 fully saturated rings. The molecule has 1 aromatic heterocycles. The van der Waals surface area contributed by atoms with E-state index >= 15 is 0 Å². The molecule has 3 aromatic rings. The molecule has 0 amide bonds. The molecule has 0 unspecified atom stereocenters. The fourth-order valence-corrected chi connectivity index (χ4v) is 2.18. The van der Waals surface area contributed by atoms with Gasteiger partial charge in [0.15, 0.2) is 4.64 Å². The molecular weight excluding hydrogens is 246 g/mol. The minimum Gasteiger partial charge on any atom is -0.330 e.